The van der Waals surface area contributed by atoms with Crippen LogP contribution in [0.15, 0.2) is 48.5 Å². The summed E-state index contributed by atoms with van der Waals surface area (Å²) in [5.74, 6) is -0.324. The van der Waals surface area contributed by atoms with E-state index >= 15 is 0 Å². The molecule has 1 N–H and O–H groups in total. The van der Waals surface area contributed by atoms with Gasteiger partial charge >= 0.3 is 0 Å². The number of nitrogens with one attached hydrogen (secondary N) is 1. The van der Waals surface area contributed by atoms with Crippen LogP contribution in [0.2, 0.25) is 0 Å². The van der Waals surface area contributed by atoms with Crippen molar-refractivity contribution in [1.82, 2.24) is 10.2 Å². The van der Waals surface area contributed by atoms with Crippen molar-refractivity contribution in [3.05, 3.63) is 65.2 Å². The van der Waals surface area contributed by atoms with Crippen molar-refractivity contribution >= 4 is 23.4 Å². The minimum Gasteiger partial charge on any atom is -0.356 e. The van der Waals surface area contributed by atoms with Crippen LogP contribution < -0.4 is 10.2 Å². The number of amides is 3. The summed E-state index contributed by atoms with van der Waals surface area (Å²) in [5, 5.41) is 2.95. The van der Waals surface area contributed by atoms with Crippen molar-refractivity contribution in [1.29, 1.82) is 0 Å². The highest BCUT2D eigenvalue weighted by molar-refractivity contribution is 6.16. The molecular formula is C24H27N3O3. The highest BCUT2D eigenvalue weighted by Gasteiger charge is 2.47. The van der Waals surface area contributed by atoms with Gasteiger partial charge < -0.3 is 10.2 Å². The van der Waals surface area contributed by atoms with Gasteiger partial charge in [-0.05, 0) is 24.6 Å². The lowest BCUT2D eigenvalue weighted by molar-refractivity contribution is -0.121. The summed E-state index contributed by atoms with van der Waals surface area (Å²) >= 11 is 0. The molecule has 4 rings (SSSR count). The van der Waals surface area contributed by atoms with Gasteiger partial charge in [-0.1, -0.05) is 56.5 Å². The van der Waals surface area contributed by atoms with Crippen LogP contribution in [0, 0.1) is 0 Å². The highest BCUT2D eigenvalue weighted by atomic mass is 16.2. The van der Waals surface area contributed by atoms with Gasteiger partial charge in [0.15, 0.2) is 0 Å². The minimum atomic E-state index is -0.506. The Bertz CT molecular complexity index is 972. The van der Waals surface area contributed by atoms with Gasteiger partial charge in [-0.15, -0.1) is 0 Å². The first-order valence-corrected chi connectivity index (χ1v) is 10.7. The number of rotatable bonds is 8. The van der Waals surface area contributed by atoms with E-state index in [1.54, 1.807) is 28.0 Å². The number of carbonyl (C=O) groups excluding carboxylic acids is 3. The Hall–Kier alpha value is -3.15. The van der Waals surface area contributed by atoms with Crippen LogP contribution in [0.5, 0.6) is 0 Å². The Morgan fingerprint density at radius 3 is 2.47 bits per heavy atom. The zero-order chi connectivity index (χ0) is 21.1. The van der Waals surface area contributed by atoms with E-state index in [4.69, 9.17) is 0 Å². The standard InChI is InChI=1S/C24H27N3O3/c1-2-3-4-9-15-25-21(28)14-16-26-22-17-10-5-6-11-18(17)24(30)27(22)20-13-8-7-12-19(20)23(26)29/h5-8,10-13,22H,2-4,9,14-16H2,1H3,(H,25,28)/t22-/m0/s1. The number of hydrogen-bond acceptors (Lipinski definition) is 3. The van der Waals surface area contributed by atoms with E-state index < -0.39 is 6.17 Å². The summed E-state index contributed by atoms with van der Waals surface area (Å²) in [5.41, 5.74) is 2.54. The average molecular weight is 405 g/mol. The van der Waals surface area contributed by atoms with Gasteiger partial charge in [0.05, 0.1) is 11.3 Å². The molecule has 2 aliphatic rings. The second-order valence-corrected chi connectivity index (χ2v) is 7.81. The van der Waals surface area contributed by atoms with Gasteiger partial charge in [0.1, 0.15) is 6.17 Å². The maximum absolute atomic E-state index is 13.3. The molecule has 2 aliphatic heterocycles. The molecule has 0 fully saturated rings. The summed E-state index contributed by atoms with van der Waals surface area (Å²) in [6.07, 6.45) is 4.10. The number of unbranched alkanes of at least 4 members (excludes halogenated alkanes) is 3. The Morgan fingerprint density at radius 2 is 1.67 bits per heavy atom. The summed E-state index contributed by atoms with van der Waals surface area (Å²) in [4.78, 5) is 42.1. The van der Waals surface area contributed by atoms with Crippen LogP contribution in [-0.4, -0.2) is 35.7 Å². The lowest BCUT2D eigenvalue weighted by Gasteiger charge is -2.40. The monoisotopic (exact) mass is 405 g/mol. The molecule has 0 saturated carbocycles. The number of hydrogen-bond donors (Lipinski definition) is 1. The molecule has 0 unspecified atom stereocenters. The summed E-state index contributed by atoms with van der Waals surface area (Å²) in [6, 6.07) is 14.6. The predicted octanol–water partition coefficient (Wildman–Crippen LogP) is 3.89. The lowest BCUT2D eigenvalue weighted by Crippen LogP contribution is -2.49. The second kappa shape index (κ2) is 8.69. The SMILES string of the molecule is CCCCCCNC(=O)CCN1C(=O)c2ccccc2N2C(=O)c3ccccc3[C@@H]12. The summed E-state index contributed by atoms with van der Waals surface area (Å²) in [6.45, 7) is 3.07. The van der Waals surface area contributed by atoms with Gasteiger partial charge in [-0.3, -0.25) is 19.3 Å². The first-order valence-electron chi connectivity index (χ1n) is 10.7. The largest absolute Gasteiger partial charge is 0.356 e. The number of nitrogens with zero attached hydrogens (tertiary/aromatic N) is 2. The fraction of sp³-hybridized carbons (Fsp3) is 0.375. The van der Waals surface area contributed by atoms with E-state index in [1.807, 2.05) is 30.3 Å². The van der Waals surface area contributed by atoms with E-state index in [1.165, 1.54) is 6.42 Å². The zero-order valence-corrected chi connectivity index (χ0v) is 17.3. The smallest absolute Gasteiger partial charge is 0.260 e. The molecule has 3 amide bonds. The number of benzene rings is 2. The predicted molar refractivity (Wildman–Crippen MR) is 115 cm³/mol. The van der Waals surface area contributed by atoms with Gasteiger partial charge in [-0.2, -0.15) is 0 Å². The minimum absolute atomic E-state index is 0.0673. The topological polar surface area (TPSA) is 69.7 Å². The Morgan fingerprint density at radius 1 is 0.933 bits per heavy atom. The number of carbonyl (C=O) groups is 3. The van der Waals surface area contributed by atoms with Crippen molar-refractivity contribution < 1.29 is 14.4 Å². The third-order valence-electron chi connectivity index (χ3n) is 5.82. The first kappa shape index (κ1) is 20.1. The number of para-hydroxylation sites is 1. The third kappa shape index (κ3) is 3.58. The van der Waals surface area contributed by atoms with Crippen LogP contribution in [0.1, 0.15) is 71.5 Å². The van der Waals surface area contributed by atoms with Gasteiger partial charge in [0, 0.05) is 30.6 Å². The molecule has 2 aromatic rings. The van der Waals surface area contributed by atoms with E-state index in [0.29, 0.717) is 23.4 Å². The molecule has 0 saturated heterocycles. The molecular weight excluding hydrogens is 378 g/mol. The molecule has 2 aromatic carbocycles. The molecule has 156 valence electrons. The quantitative estimate of drug-likeness (QED) is 0.678. The highest BCUT2D eigenvalue weighted by Crippen LogP contribution is 2.45. The second-order valence-electron chi connectivity index (χ2n) is 7.81. The maximum Gasteiger partial charge on any atom is 0.260 e. The molecule has 6 heteroatoms. The zero-order valence-electron chi connectivity index (χ0n) is 17.3. The van der Waals surface area contributed by atoms with Gasteiger partial charge in [0.25, 0.3) is 11.8 Å². The van der Waals surface area contributed by atoms with Crippen molar-refractivity contribution in [3.8, 4) is 0 Å². The lowest BCUT2D eigenvalue weighted by atomic mass is 10.0. The van der Waals surface area contributed by atoms with Gasteiger partial charge in [-0.25, -0.2) is 0 Å². The Labute approximate surface area is 176 Å². The molecule has 0 radical (unpaired) electrons. The van der Waals surface area contributed by atoms with Crippen molar-refractivity contribution in [3.63, 3.8) is 0 Å². The number of fused-ring (bicyclic) bond motifs is 5. The molecule has 6 nitrogen and oxygen atoms in total. The number of anilines is 1. The maximum atomic E-state index is 13.3. The normalized spacial score (nSPS) is 16.9. The van der Waals surface area contributed by atoms with E-state index in [2.05, 4.69) is 12.2 Å². The van der Waals surface area contributed by atoms with Crippen LogP contribution in [0.4, 0.5) is 5.69 Å². The van der Waals surface area contributed by atoms with Crippen LogP contribution in [0.25, 0.3) is 0 Å². The van der Waals surface area contributed by atoms with Crippen molar-refractivity contribution in [2.24, 2.45) is 0 Å². The average Bonchev–Trinajstić information content (AvgIpc) is 3.06. The van der Waals surface area contributed by atoms with E-state index in [9.17, 15) is 14.4 Å². The van der Waals surface area contributed by atoms with Crippen LogP contribution in [-0.2, 0) is 4.79 Å². The van der Waals surface area contributed by atoms with Crippen molar-refractivity contribution in [2.45, 2.75) is 45.2 Å². The first-order chi connectivity index (χ1) is 14.6. The summed E-state index contributed by atoms with van der Waals surface area (Å²) < 4.78 is 0. The van der Waals surface area contributed by atoms with Crippen LogP contribution >= 0.6 is 0 Å². The third-order valence-corrected chi connectivity index (χ3v) is 5.82. The molecule has 30 heavy (non-hydrogen) atoms. The summed E-state index contributed by atoms with van der Waals surface area (Å²) in [7, 11) is 0. The fourth-order valence-electron chi connectivity index (χ4n) is 4.29. The fourth-order valence-corrected chi connectivity index (χ4v) is 4.29. The molecule has 0 spiro atoms. The Kier molecular flexibility index (Phi) is 5.84. The van der Waals surface area contributed by atoms with E-state index in [-0.39, 0.29) is 30.7 Å². The molecule has 0 bridgehead atoms. The van der Waals surface area contributed by atoms with E-state index in [0.717, 1.165) is 24.8 Å². The van der Waals surface area contributed by atoms with Crippen molar-refractivity contribution in [2.75, 3.05) is 18.0 Å². The van der Waals surface area contributed by atoms with Crippen LogP contribution in [0.3, 0.4) is 0 Å². The Balaban J connectivity index is 1.53. The molecule has 0 aliphatic carbocycles. The molecule has 2 heterocycles. The molecule has 1 atom stereocenters. The van der Waals surface area contributed by atoms with Gasteiger partial charge in [0.2, 0.25) is 5.91 Å². The molecule has 0 aromatic heterocycles.